The highest BCUT2D eigenvalue weighted by atomic mass is 19.1. The van der Waals surface area contributed by atoms with Gasteiger partial charge in [0.05, 0.1) is 29.6 Å². The van der Waals surface area contributed by atoms with E-state index in [0.717, 1.165) is 36.8 Å². The summed E-state index contributed by atoms with van der Waals surface area (Å²) in [4.78, 5) is 12.5. The van der Waals surface area contributed by atoms with Gasteiger partial charge in [-0.3, -0.25) is 0 Å². The summed E-state index contributed by atoms with van der Waals surface area (Å²) in [5.74, 6) is -0.473. The Kier molecular flexibility index (Phi) is 14.0. The largest absolute Gasteiger partial charge is 0.491 e. The van der Waals surface area contributed by atoms with Gasteiger partial charge in [-0.1, -0.05) is 89.5 Å². The minimum atomic E-state index is -0.434. The summed E-state index contributed by atoms with van der Waals surface area (Å²) in [6.07, 6.45) is 12.4. The average Bonchev–Trinajstić information content (AvgIpc) is 2.99. The molecule has 0 aromatic heterocycles. The number of unbranched alkanes of at least 4 members (excludes halogenated alkanes) is 8. The normalized spacial score (nSPS) is 12.0. The van der Waals surface area contributed by atoms with E-state index in [1.807, 2.05) is 43.3 Å². The van der Waals surface area contributed by atoms with Crippen LogP contribution in [0.3, 0.4) is 0 Å². The Morgan fingerprint density at radius 1 is 0.732 bits per heavy atom. The van der Waals surface area contributed by atoms with Crippen molar-refractivity contribution in [1.82, 2.24) is 0 Å². The Bertz CT molecular complexity index is 1210. The van der Waals surface area contributed by atoms with Gasteiger partial charge in [0.15, 0.2) is 11.6 Å². The Labute approximate surface area is 245 Å². The molecule has 0 unspecified atom stereocenters. The van der Waals surface area contributed by atoms with Gasteiger partial charge in [0.25, 0.3) is 0 Å². The first-order chi connectivity index (χ1) is 20.0. The number of azo groups is 1. The van der Waals surface area contributed by atoms with Crippen molar-refractivity contribution in [2.24, 2.45) is 10.2 Å². The molecule has 0 saturated heterocycles. The van der Waals surface area contributed by atoms with E-state index in [4.69, 9.17) is 9.47 Å². The number of carbonyl (C=O) groups excluding carboxylic acids is 1. The third kappa shape index (κ3) is 11.5. The van der Waals surface area contributed by atoms with E-state index in [1.54, 1.807) is 24.3 Å². The summed E-state index contributed by atoms with van der Waals surface area (Å²) in [6, 6.07) is 19.7. The molecule has 0 saturated carbocycles. The first-order valence-electron chi connectivity index (χ1n) is 15.3. The van der Waals surface area contributed by atoms with Crippen LogP contribution in [0.2, 0.25) is 0 Å². The summed E-state index contributed by atoms with van der Waals surface area (Å²) in [5.41, 5.74) is 3.61. The zero-order chi connectivity index (χ0) is 29.3. The van der Waals surface area contributed by atoms with Crippen LogP contribution in [0.15, 0.2) is 77.0 Å². The zero-order valence-corrected chi connectivity index (χ0v) is 24.9. The lowest BCUT2D eigenvalue weighted by atomic mass is 10.0. The van der Waals surface area contributed by atoms with Gasteiger partial charge in [-0.25, -0.2) is 9.18 Å². The van der Waals surface area contributed by atoms with Crippen molar-refractivity contribution in [3.63, 3.8) is 0 Å². The maximum absolute atomic E-state index is 14.5. The molecule has 41 heavy (non-hydrogen) atoms. The molecule has 0 bridgehead atoms. The van der Waals surface area contributed by atoms with Crippen LogP contribution >= 0.6 is 0 Å². The fourth-order valence-electron chi connectivity index (χ4n) is 4.54. The quantitative estimate of drug-likeness (QED) is 0.0883. The number of ether oxygens (including phenoxy) is 2. The zero-order valence-electron chi connectivity index (χ0n) is 24.9. The number of hydrogen-bond acceptors (Lipinski definition) is 5. The molecule has 3 rings (SSSR count). The van der Waals surface area contributed by atoms with Gasteiger partial charge in [0, 0.05) is 6.07 Å². The number of rotatable bonds is 18. The highest BCUT2D eigenvalue weighted by molar-refractivity contribution is 5.90. The molecular formula is C35H45FN2O3. The first-order valence-corrected chi connectivity index (χ1v) is 15.3. The molecule has 0 aliphatic rings. The first kappa shape index (κ1) is 32.0. The van der Waals surface area contributed by atoms with Gasteiger partial charge in [-0.2, -0.15) is 10.2 Å². The Morgan fingerprint density at radius 3 is 1.95 bits per heavy atom. The molecule has 0 N–H and O–H groups in total. The van der Waals surface area contributed by atoms with Crippen molar-refractivity contribution in [3.8, 4) is 16.9 Å². The average molecular weight is 561 g/mol. The van der Waals surface area contributed by atoms with Crippen molar-refractivity contribution in [2.75, 3.05) is 6.61 Å². The van der Waals surface area contributed by atoms with Gasteiger partial charge >= 0.3 is 5.97 Å². The topological polar surface area (TPSA) is 60.2 Å². The minimum absolute atomic E-state index is 0.0848. The number of esters is 1. The summed E-state index contributed by atoms with van der Waals surface area (Å²) in [6.45, 7) is 6.85. The molecule has 0 spiro atoms. The predicted octanol–water partition coefficient (Wildman–Crippen LogP) is 11.2. The van der Waals surface area contributed by atoms with E-state index in [1.165, 1.54) is 51.0 Å². The monoisotopic (exact) mass is 560 g/mol. The molecule has 0 heterocycles. The van der Waals surface area contributed by atoms with E-state index >= 15 is 0 Å². The summed E-state index contributed by atoms with van der Waals surface area (Å²) < 4.78 is 25.7. The van der Waals surface area contributed by atoms with Crippen LogP contribution in [-0.2, 0) is 4.74 Å². The molecule has 0 aliphatic carbocycles. The summed E-state index contributed by atoms with van der Waals surface area (Å²) >= 11 is 0. The standard InChI is InChI=1S/C35H45FN2O3/c1-4-6-8-10-11-13-25-40-34-24-23-32(26-33(34)36)38-37-31-21-19-29(20-22-31)28-15-17-30(18-16-28)35(39)41-27(3)14-12-9-7-5-2/h15-24,26-27H,4-14,25H2,1-3H3/t27-/m0/s1. The number of carbonyl (C=O) groups is 1. The molecule has 220 valence electrons. The van der Waals surface area contributed by atoms with E-state index in [-0.39, 0.29) is 17.8 Å². The SMILES string of the molecule is CCCCCCCCOc1ccc(N=Nc2ccc(-c3ccc(C(=O)O[C@@H](C)CCCCCC)cc3)cc2)cc1F. The van der Waals surface area contributed by atoms with E-state index in [2.05, 4.69) is 24.1 Å². The Morgan fingerprint density at radius 2 is 1.29 bits per heavy atom. The lowest BCUT2D eigenvalue weighted by molar-refractivity contribution is 0.0319. The number of nitrogens with zero attached hydrogens (tertiary/aromatic N) is 2. The summed E-state index contributed by atoms with van der Waals surface area (Å²) in [5, 5.41) is 8.42. The van der Waals surface area contributed by atoms with Crippen LogP contribution in [0.4, 0.5) is 15.8 Å². The molecule has 0 radical (unpaired) electrons. The molecule has 6 heteroatoms. The lowest BCUT2D eigenvalue weighted by Gasteiger charge is -2.13. The van der Waals surface area contributed by atoms with Crippen molar-refractivity contribution >= 4 is 17.3 Å². The maximum atomic E-state index is 14.5. The second-order valence-corrected chi connectivity index (χ2v) is 10.6. The summed E-state index contributed by atoms with van der Waals surface area (Å²) in [7, 11) is 0. The van der Waals surface area contributed by atoms with Crippen LogP contribution in [0.5, 0.6) is 5.75 Å². The van der Waals surface area contributed by atoms with E-state index < -0.39 is 5.82 Å². The molecule has 5 nitrogen and oxygen atoms in total. The highest BCUT2D eigenvalue weighted by Crippen LogP contribution is 2.27. The fourth-order valence-corrected chi connectivity index (χ4v) is 4.54. The van der Waals surface area contributed by atoms with Crippen LogP contribution in [-0.4, -0.2) is 18.7 Å². The van der Waals surface area contributed by atoms with E-state index in [0.29, 0.717) is 23.5 Å². The van der Waals surface area contributed by atoms with Crippen molar-refractivity contribution in [3.05, 3.63) is 78.1 Å². The van der Waals surface area contributed by atoms with Gasteiger partial charge in [-0.05, 0) is 73.7 Å². The molecule has 1 atom stereocenters. The molecule has 3 aromatic rings. The third-order valence-electron chi connectivity index (χ3n) is 7.05. The van der Waals surface area contributed by atoms with Crippen LogP contribution in [0, 0.1) is 5.82 Å². The molecule has 0 aliphatic heterocycles. The maximum Gasteiger partial charge on any atom is 0.338 e. The number of halogens is 1. The van der Waals surface area contributed by atoms with Gasteiger partial charge in [0.2, 0.25) is 0 Å². The molecule has 3 aromatic carbocycles. The van der Waals surface area contributed by atoms with Crippen molar-refractivity contribution < 1.29 is 18.7 Å². The van der Waals surface area contributed by atoms with Crippen molar-refractivity contribution in [1.29, 1.82) is 0 Å². The second-order valence-electron chi connectivity index (χ2n) is 10.6. The number of benzene rings is 3. The second kappa shape index (κ2) is 18.0. The van der Waals surface area contributed by atoms with Crippen LogP contribution in [0.1, 0.15) is 102 Å². The molecular weight excluding hydrogens is 515 g/mol. The number of hydrogen-bond donors (Lipinski definition) is 0. The fraction of sp³-hybridized carbons (Fsp3) is 0.457. The van der Waals surface area contributed by atoms with E-state index in [9.17, 15) is 9.18 Å². The van der Waals surface area contributed by atoms with Crippen molar-refractivity contribution in [2.45, 2.75) is 97.5 Å². The Balaban J connectivity index is 1.48. The Hall–Kier alpha value is -3.54. The third-order valence-corrected chi connectivity index (χ3v) is 7.05. The molecule has 0 fully saturated rings. The lowest BCUT2D eigenvalue weighted by Crippen LogP contribution is -2.15. The smallest absolute Gasteiger partial charge is 0.338 e. The highest BCUT2D eigenvalue weighted by Gasteiger charge is 2.12. The van der Waals surface area contributed by atoms with Crippen LogP contribution in [0.25, 0.3) is 11.1 Å². The molecule has 0 amide bonds. The minimum Gasteiger partial charge on any atom is -0.491 e. The van der Waals surface area contributed by atoms with Crippen LogP contribution < -0.4 is 4.74 Å². The van der Waals surface area contributed by atoms with Gasteiger partial charge in [-0.15, -0.1) is 0 Å². The predicted molar refractivity (Wildman–Crippen MR) is 165 cm³/mol. The van der Waals surface area contributed by atoms with Gasteiger partial charge in [0.1, 0.15) is 0 Å². The van der Waals surface area contributed by atoms with Gasteiger partial charge < -0.3 is 9.47 Å².